The van der Waals surface area contributed by atoms with Crippen LogP contribution in [0.2, 0.25) is 5.02 Å². The van der Waals surface area contributed by atoms with Crippen LogP contribution in [0.5, 0.6) is 0 Å². The SMILES string of the molecule is O=C(Nc1cc(-c2nc(NCC3CCOCC3)ccc2F)c(Cl)cn1)C1CNCCOC1. The number of rotatable bonds is 6. The minimum Gasteiger partial charge on any atom is -0.381 e. The highest BCUT2D eigenvalue weighted by Gasteiger charge is 2.22. The van der Waals surface area contributed by atoms with Crippen molar-refractivity contribution in [2.24, 2.45) is 11.8 Å². The Morgan fingerprint density at radius 3 is 2.91 bits per heavy atom. The normalized spacial score (nSPS) is 19.9. The number of carbonyl (C=O) groups excluding carboxylic acids is 1. The maximum absolute atomic E-state index is 14.7. The van der Waals surface area contributed by atoms with Gasteiger partial charge in [-0.3, -0.25) is 4.79 Å². The summed E-state index contributed by atoms with van der Waals surface area (Å²) < 4.78 is 25.5. The quantitative estimate of drug-likeness (QED) is 0.606. The first kappa shape index (κ1) is 22.8. The van der Waals surface area contributed by atoms with E-state index in [0.29, 0.717) is 43.6 Å². The van der Waals surface area contributed by atoms with Crippen LogP contribution in [-0.4, -0.2) is 61.9 Å². The molecule has 0 radical (unpaired) electrons. The average Bonchev–Trinajstić information content (AvgIpc) is 3.10. The van der Waals surface area contributed by atoms with Crippen LogP contribution in [0.4, 0.5) is 16.0 Å². The van der Waals surface area contributed by atoms with Gasteiger partial charge in [0.05, 0.1) is 24.2 Å². The Kier molecular flexibility index (Phi) is 7.85. The van der Waals surface area contributed by atoms with Crippen molar-refractivity contribution in [3.63, 3.8) is 0 Å². The first-order valence-corrected chi connectivity index (χ1v) is 11.2. The summed E-state index contributed by atoms with van der Waals surface area (Å²) in [5.41, 5.74) is 0.462. The number of nitrogens with one attached hydrogen (secondary N) is 3. The van der Waals surface area contributed by atoms with Crippen molar-refractivity contribution in [3.05, 3.63) is 35.2 Å². The van der Waals surface area contributed by atoms with Crippen LogP contribution >= 0.6 is 11.6 Å². The van der Waals surface area contributed by atoms with Gasteiger partial charge in [0.25, 0.3) is 0 Å². The number of aromatic nitrogens is 2. The molecule has 172 valence electrons. The van der Waals surface area contributed by atoms with Gasteiger partial charge in [0, 0.05) is 44.6 Å². The molecule has 1 atom stereocenters. The van der Waals surface area contributed by atoms with Crippen LogP contribution in [0.1, 0.15) is 12.8 Å². The van der Waals surface area contributed by atoms with Crippen molar-refractivity contribution >= 4 is 29.1 Å². The lowest BCUT2D eigenvalue weighted by Gasteiger charge is -2.22. The lowest BCUT2D eigenvalue weighted by Crippen LogP contribution is -2.33. The van der Waals surface area contributed by atoms with E-state index in [4.69, 9.17) is 21.1 Å². The van der Waals surface area contributed by atoms with E-state index in [2.05, 4.69) is 25.9 Å². The molecule has 8 nitrogen and oxygen atoms in total. The summed E-state index contributed by atoms with van der Waals surface area (Å²) in [5, 5.41) is 9.46. The zero-order valence-corrected chi connectivity index (χ0v) is 18.5. The summed E-state index contributed by atoms with van der Waals surface area (Å²) in [7, 11) is 0. The standard InChI is InChI=1S/C22H27ClFN5O3/c23-17-12-27-20(29-22(30)15-11-25-5-8-32-13-15)9-16(17)21-18(24)1-2-19(28-21)26-10-14-3-6-31-7-4-14/h1-2,9,12,14-15,25H,3-8,10-11,13H2,(H,26,28)(H,27,29,30). The Morgan fingerprint density at radius 1 is 1.22 bits per heavy atom. The number of ether oxygens (including phenoxy) is 2. The molecule has 4 rings (SSSR count). The summed E-state index contributed by atoms with van der Waals surface area (Å²) in [6, 6.07) is 4.51. The minimum absolute atomic E-state index is 0.101. The molecule has 1 unspecified atom stereocenters. The number of amides is 1. The Labute approximate surface area is 191 Å². The van der Waals surface area contributed by atoms with Gasteiger partial charge in [-0.2, -0.15) is 0 Å². The molecule has 0 spiro atoms. The van der Waals surface area contributed by atoms with Gasteiger partial charge in [0.2, 0.25) is 5.91 Å². The monoisotopic (exact) mass is 463 g/mol. The molecule has 1 amide bonds. The van der Waals surface area contributed by atoms with Crippen molar-refractivity contribution in [2.45, 2.75) is 12.8 Å². The molecule has 2 aromatic rings. The molecule has 0 bridgehead atoms. The van der Waals surface area contributed by atoms with Crippen LogP contribution in [0.15, 0.2) is 24.4 Å². The predicted octanol–water partition coefficient (Wildman–Crippen LogP) is 2.95. The molecule has 2 aliphatic heterocycles. The molecule has 4 heterocycles. The van der Waals surface area contributed by atoms with Gasteiger partial charge in [-0.25, -0.2) is 14.4 Å². The fourth-order valence-electron chi connectivity index (χ4n) is 3.72. The molecule has 2 aliphatic rings. The molecular formula is C22H27ClFN5O3. The Hall–Kier alpha value is -2.33. The molecular weight excluding hydrogens is 437 g/mol. The summed E-state index contributed by atoms with van der Waals surface area (Å²) in [4.78, 5) is 21.2. The van der Waals surface area contributed by atoms with Gasteiger partial charge in [-0.05, 0) is 37.0 Å². The van der Waals surface area contributed by atoms with Gasteiger partial charge < -0.3 is 25.4 Å². The van der Waals surface area contributed by atoms with Gasteiger partial charge in [-0.15, -0.1) is 0 Å². The lowest BCUT2D eigenvalue weighted by molar-refractivity contribution is -0.121. The first-order valence-electron chi connectivity index (χ1n) is 10.8. The molecule has 32 heavy (non-hydrogen) atoms. The third-order valence-electron chi connectivity index (χ3n) is 5.62. The van der Waals surface area contributed by atoms with Crippen molar-refractivity contribution in [2.75, 3.05) is 56.7 Å². The Bertz CT molecular complexity index is 934. The molecule has 2 aromatic heterocycles. The number of carbonyl (C=O) groups is 1. The largest absolute Gasteiger partial charge is 0.381 e. The number of anilines is 2. The second kappa shape index (κ2) is 11.0. The van der Waals surface area contributed by atoms with Gasteiger partial charge in [0.15, 0.2) is 0 Å². The van der Waals surface area contributed by atoms with E-state index >= 15 is 0 Å². The van der Waals surface area contributed by atoms with Crippen LogP contribution < -0.4 is 16.0 Å². The van der Waals surface area contributed by atoms with Crippen LogP contribution in [0.3, 0.4) is 0 Å². The highest BCUT2D eigenvalue weighted by Crippen LogP contribution is 2.31. The third-order valence-corrected chi connectivity index (χ3v) is 5.93. The number of nitrogens with zero attached hydrogens (tertiary/aromatic N) is 2. The molecule has 0 saturated carbocycles. The van der Waals surface area contributed by atoms with Crippen LogP contribution in [-0.2, 0) is 14.3 Å². The van der Waals surface area contributed by atoms with E-state index in [-0.39, 0.29) is 28.4 Å². The number of halogens is 2. The van der Waals surface area contributed by atoms with Gasteiger partial charge >= 0.3 is 0 Å². The van der Waals surface area contributed by atoms with Gasteiger partial charge in [-0.1, -0.05) is 11.6 Å². The maximum atomic E-state index is 14.7. The fraction of sp³-hybridized carbons (Fsp3) is 0.500. The third kappa shape index (κ3) is 5.92. The summed E-state index contributed by atoms with van der Waals surface area (Å²) >= 11 is 6.31. The molecule has 0 aromatic carbocycles. The maximum Gasteiger partial charge on any atom is 0.232 e. The second-order valence-electron chi connectivity index (χ2n) is 7.98. The molecule has 2 fully saturated rings. The highest BCUT2D eigenvalue weighted by atomic mass is 35.5. The fourth-order valence-corrected chi connectivity index (χ4v) is 3.91. The predicted molar refractivity (Wildman–Crippen MR) is 120 cm³/mol. The zero-order valence-electron chi connectivity index (χ0n) is 17.7. The van der Waals surface area contributed by atoms with Crippen molar-refractivity contribution < 1.29 is 18.7 Å². The Balaban J connectivity index is 1.49. The minimum atomic E-state index is -0.506. The Morgan fingerprint density at radius 2 is 2.06 bits per heavy atom. The van der Waals surface area contributed by atoms with E-state index in [0.717, 1.165) is 32.6 Å². The van der Waals surface area contributed by atoms with E-state index in [1.807, 2.05) is 0 Å². The molecule has 2 saturated heterocycles. The number of pyridine rings is 2. The molecule has 0 aliphatic carbocycles. The van der Waals surface area contributed by atoms with E-state index in [1.165, 1.54) is 12.3 Å². The van der Waals surface area contributed by atoms with Crippen molar-refractivity contribution in [1.82, 2.24) is 15.3 Å². The van der Waals surface area contributed by atoms with E-state index < -0.39 is 5.82 Å². The van der Waals surface area contributed by atoms with Crippen molar-refractivity contribution in [1.29, 1.82) is 0 Å². The number of hydrogen-bond acceptors (Lipinski definition) is 7. The number of hydrogen-bond donors (Lipinski definition) is 3. The molecule has 3 N–H and O–H groups in total. The van der Waals surface area contributed by atoms with E-state index in [1.54, 1.807) is 12.1 Å². The van der Waals surface area contributed by atoms with Crippen LogP contribution in [0.25, 0.3) is 11.3 Å². The summed E-state index contributed by atoms with van der Waals surface area (Å²) in [6.45, 7) is 4.38. The van der Waals surface area contributed by atoms with Crippen molar-refractivity contribution in [3.8, 4) is 11.3 Å². The molecule has 10 heteroatoms. The zero-order chi connectivity index (χ0) is 22.3. The summed E-state index contributed by atoms with van der Waals surface area (Å²) in [5.74, 6) is 0.265. The smallest absolute Gasteiger partial charge is 0.232 e. The highest BCUT2D eigenvalue weighted by molar-refractivity contribution is 6.33. The van der Waals surface area contributed by atoms with Gasteiger partial charge in [0.1, 0.15) is 23.1 Å². The first-order chi connectivity index (χ1) is 15.6. The van der Waals surface area contributed by atoms with Crippen LogP contribution in [0, 0.1) is 17.7 Å². The van der Waals surface area contributed by atoms with E-state index in [9.17, 15) is 9.18 Å². The topological polar surface area (TPSA) is 97.4 Å². The lowest BCUT2D eigenvalue weighted by atomic mass is 10.0. The summed E-state index contributed by atoms with van der Waals surface area (Å²) in [6.07, 6.45) is 3.36. The second-order valence-corrected chi connectivity index (χ2v) is 8.39. The average molecular weight is 464 g/mol.